The molecule has 2 aromatic rings. The van der Waals surface area contributed by atoms with E-state index in [9.17, 15) is 0 Å². The van der Waals surface area contributed by atoms with Gasteiger partial charge in [-0.3, -0.25) is 4.90 Å². The van der Waals surface area contributed by atoms with Crippen molar-refractivity contribution in [1.29, 1.82) is 0 Å². The molecule has 0 aliphatic carbocycles. The Morgan fingerprint density at radius 2 is 1.38 bits per heavy atom. The van der Waals surface area contributed by atoms with Gasteiger partial charge in [0, 0.05) is 17.5 Å². The minimum atomic E-state index is 0.113. The van der Waals surface area contributed by atoms with Crippen LogP contribution in [0.1, 0.15) is 37.8 Å². The van der Waals surface area contributed by atoms with Crippen molar-refractivity contribution in [3.8, 4) is 0 Å². The standard InChI is InChI=1S/C20H25N/c1-4-19(2)15-20(16-21(19)3,17-11-7-5-8-12-17)18-13-9-6-10-14-18/h5-14H,4,15-16H2,1-3H3. The maximum absolute atomic E-state index is 2.55. The molecule has 1 unspecified atom stereocenters. The van der Waals surface area contributed by atoms with Gasteiger partial charge in [-0.2, -0.15) is 0 Å². The zero-order chi connectivity index (χ0) is 14.9. The monoisotopic (exact) mass is 279 g/mol. The highest BCUT2D eigenvalue weighted by atomic mass is 15.2. The predicted molar refractivity (Wildman–Crippen MR) is 89.6 cm³/mol. The molecule has 0 amide bonds. The highest BCUT2D eigenvalue weighted by Crippen LogP contribution is 2.48. The minimum absolute atomic E-state index is 0.113. The van der Waals surface area contributed by atoms with Crippen LogP contribution in [0.4, 0.5) is 0 Å². The molecule has 1 aliphatic heterocycles. The van der Waals surface area contributed by atoms with Crippen LogP contribution in [0.15, 0.2) is 60.7 Å². The Hall–Kier alpha value is -1.60. The summed E-state index contributed by atoms with van der Waals surface area (Å²) in [4.78, 5) is 2.55. The van der Waals surface area contributed by atoms with Gasteiger partial charge in [-0.25, -0.2) is 0 Å². The van der Waals surface area contributed by atoms with Crippen LogP contribution < -0.4 is 0 Å². The van der Waals surface area contributed by atoms with Crippen molar-refractivity contribution in [2.24, 2.45) is 0 Å². The molecule has 0 saturated carbocycles. The number of hydrogen-bond acceptors (Lipinski definition) is 1. The van der Waals surface area contributed by atoms with Crippen molar-refractivity contribution in [2.45, 2.75) is 37.6 Å². The van der Waals surface area contributed by atoms with E-state index in [1.165, 1.54) is 24.0 Å². The van der Waals surface area contributed by atoms with Crippen molar-refractivity contribution in [1.82, 2.24) is 4.90 Å². The molecule has 0 bridgehead atoms. The lowest BCUT2D eigenvalue weighted by atomic mass is 9.70. The summed E-state index contributed by atoms with van der Waals surface area (Å²) in [5, 5.41) is 0. The predicted octanol–water partition coefficient (Wildman–Crippen LogP) is 4.48. The molecule has 2 aromatic carbocycles. The van der Waals surface area contributed by atoms with E-state index in [1.54, 1.807) is 0 Å². The lowest BCUT2D eigenvalue weighted by molar-refractivity contribution is 0.189. The molecule has 1 heterocycles. The SMILES string of the molecule is CCC1(C)CC(c2ccccc2)(c2ccccc2)CN1C. The average Bonchev–Trinajstić information content (AvgIpc) is 2.83. The fourth-order valence-corrected chi connectivity index (χ4v) is 3.90. The summed E-state index contributed by atoms with van der Waals surface area (Å²) in [6.45, 7) is 5.80. The molecule has 1 fully saturated rings. The second-order valence-corrected chi connectivity index (χ2v) is 6.70. The Labute approximate surface area is 128 Å². The molecule has 1 aliphatic rings. The number of nitrogens with zero attached hydrogens (tertiary/aromatic N) is 1. The average molecular weight is 279 g/mol. The van der Waals surface area contributed by atoms with Crippen LogP contribution in [0, 0.1) is 0 Å². The first-order valence-electron chi connectivity index (χ1n) is 7.93. The molecule has 1 heteroatoms. The Kier molecular flexibility index (Phi) is 3.62. The molecule has 0 spiro atoms. The topological polar surface area (TPSA) is 3.24 Å². The van der Waals surface area contributed by atoms with Crippen molar-refractivity contribution in [3.63, 3.8) is 0 Å². The largest absolute Gasteiger partial charge is 0.300 e. The highest BCUT2D eigenvalue weighted by molar-refractivity contribution is 5.42. The smallest absolute Gasteiger partial charge is 0.0347 e. The van der Waals surface area contributed by atoms with Gasteiger partial charge in [0.15, 0.2) is 0 Å². The second kappa shape index (κ2) is 5.31. The van der Waals surface area contributed by atoms with Gasteiger partial charge in [-0.15, -0.1) is 0 Å². The quantitative estimate of drug-likeness (QED) is 0.801. The maximum Gasteiger partial charge on any atom is 0.0347 e. The third kappa shape index (κ3) is 2.30. The van der Waals surface area contributed by atoms with E-state index in [0.717, 1.165) is 6.54 Å². The molecule has 1 nitrogen and oxygen atoms in total. The number of rotatable bonds is 3. The lowest BCUT2D eigenvalue weighted by Gasteiger charge is -2.32. The lowest BCUT2D eigenvalue weighted by Crippen LogP contribution is -2.37. The van der Waals surface area contributed by atoms with Gasteiger partial charge in [-0.1, -0.05) is 67.6 Å². The fourth-order valence-electron chi connectivity index (χ4n) is 3.90. The van der Waals surface area contributed by atoms with Gasteiger partial charge >= 0.3 is 0 Å². The van der Waals surface area contributed by atoms with Crippen molar-refractivity contribution >= 4 is 0 Å². The third-order valence-electron chi connectivity index (χ3n) is 5.53. The third-order valence-corrected chi connectivity index (χ3v) is 5.53. The molecule has 1 atom stereocenters. The van der Waals surface area contributed by atoms with Crippen LogP contribution in [0.25, 0.3) is 0 Å². The summed E-state index contributed by atoms with van der Waals surface area (Å²) in [6, 6.07) is 22.1. The number of benzene rings is 2. The zero-order valence-corrected chi connectivity index (χ0v) is 13.3. The summed E-state index contributed by atoms with van der Waals surface area (Å²) in [7, 11) is 2.27. The van der Waals surface area contributed by atoms with E-state index in [0.29, 0.717) is 0 Å². The molecule has 3 rings (SSSR count). The van der Waals surface area contributed by atoms with Gasteiger partial charge in [0.05, 0.1) is 0 Å². The van der Waals surface area contributed by atoms with E-state index in [-0.39, 0.29) is 11.0 Å². The van der Waals surface area contributed by atoms with E-state index in [2.05, 4.69) is 86.5 Å². The van der Waals surface area contributed by atoms with Crippen LogP contribution in [0.3, 0.4) is 0 Å². The van der Waals surface area contributed by atoms with E-state index in [1.807, 2.05) is 0 Å². The van der Waals surface area contributed by atoms with Gasteiger partial charge in [0.25, 0.3) is 0 Å². The minimum Gasteiger partial charge on any atom is -0.300 e. The summed E-state index contributed by atoms with van der Waals surface area (Å²) in [6.07, 6.45) is 2.37. The number of hydrogen-bond donors (Lipinski definition) is 0. The zero-order valence-electron chi connectivity index (χ0n) is 13.3. The number of likely N-dealkylation sites (tertiary alicyclic amines) is 1. The Morgan fingerprint density at radius 1 is 0.905 bits per heavy atom. The van der Waals surface area contributed by atoms with Crippen LogP contribution in [-0.4, -0.2) is 24.0 Å². The first kappa shape index (κ1) is 14.3. The summed E-state index contributed by atoms with van der Waals surface area (Å²) in [5.41, 5.74) is 3.27. The van der Waals surface area contributed by atoms with E-state index in [4.69, 9.17) is 0 Å². The Bertz CT molecular complexity index is 550. The summed E-state index contributed by atoms with van der Waals surface area (Å²) in [5.74, 6) is 0. The van der Waals surface area contributed by atoms with Gasteiger partial charge < -0.3 is 0 Å². The van der Waals surface area contributed by atoms with Gasteiger partial charge in [0.1, 0.15) is 0 Å². The molecule has 0 radical (unpaired) electrons. The molecular formula is C20H25N. The second-order valence-electron chi connectivity index (χ2n) is 6.70. The van der Waals surface area contributed by atoms with Crippen LogP contribution >= 0.6 is 0 Å². The Balaban J connectivity index is 2.15. The van der Waals surface area contributed by atoms with Crippen LogP contribution in [0.5, 0.6) is 0 Å². The molecular weight excluding hydrogens is 254 g/mol. The van der Waals surface area contributed by atoms with E-state index < -0.39 is 0 Å². The maximum atomic E-state index is 2.55. The molecule has 110 valence electrons. The van der Waals surface area contributed by atoms with E-state index >= 15 is 0 Å². The summed E-state index contributed by atoms with van der Waals surface area (Å²) < 4.78 is 0. The van der Waals surface area contributed by atoms with Crippen LogP contribution in [0.2, 0.25) is 0 Å². The van der Waals surface area contributed by atoms with Gasteiger partial charge in [0.2, 0.25) is 0 Å². The molecule has 1 saturated heterocycles. The fraction of sp³-hybridized carbons (Fsp3) is 0.400. The first-order chi connectivity index (χ1) is 10.1. The van der Waals surface area contributed by atoms with Crippen molar-refractivity contribution < 1.29 is 0 Å². The highest BCUT2D eigenvalue weighted by Gasteiger charge is 2.49. The number of likely N-dealkylation sites (N-methyl/N-ethyl adjacent to an activating group) is 1. The molecule has 0 N–H and O–H groups in total. The normalized spacial score (nSPS) is 25.1. The molecule has 21 heavy (non-hydrogen) atoms. The molecule has 0 aromatic heterocycles. The van der Waals surface area contributed by atoms with Gasteiger partial charge in [-0.05, 0) is 37.9 Å². The summed E-state index contributed by atoms with van der Waals surface area (Å²) >= 11 is 0. The first-order valence-corrected chi connectivity index (χ1v) is 7.93. The van der Waals surface area contributed by atoms with Crippen molar-refractivity contribution in [3.05, 3.63) is 71.8 Å². The van der Waals surface area contributed by atoms with Crippen molar-refractivity contribution in [2.75, 3.05) is 13.6 Å². The Morgan fingerprint density at radius 3 is 1.76 bits per heavy atom. The van der Waals surface area contributed by atoms with Crippen LogP contribution in [-0.2, 0) is 5.41 Å².